The second kappa shape index (κ2) is 9.06. The Balaban J connectivity index is 1.59. The van der Waals surface area contributed by atoms with E-state index >= 15 is 0 Å². The second-order valence-corrected chi connectivity index (χ2v) is 8.22. The highest BCUT2D eigenvalue weighted by molar-refractivity contribution is 7.18. The minimum Gasteiger partial charge on any atom is -0.351 e. The van der Waals surface area contributed by atoms with Crippen LogP contribution in [0, 0.1) is 0 Å². The first-order valence-electron chi connectivity index (χ1n) is 9.83. The lowest BCUT2D eigenvalue weighted by Crippen LogP contribution is -2.45. The molecule has 0 aliphatic carbocycles. The summed E-state index contributed by atoms with van der Waals surface area (Å²) in [7, 11) is 0. The first kappa shape index (κ1) is 20.1. The third kappa shape index (κ3) is 4.67. The summed E-state index contributed by atoms with van der Waals surface area (Å²) in [4.78, 5) is 29.7. The number of nitrogens with zero attached hydrogens (tertiary/aromatic N) is 1. The summed E-state index contributed by atoms with van der Waals surface area (Å²) >= 11 is 1.34. The number of pyridine rings is 1. The molecule has 30 heavy (non-hydrogen) atoms. The van der Waals surface area contributed by atoms with Gasteiger partial charge in [0.1, 0.15) is 4.88 Å². The summed E-state index contributed by atoms with van der Waals surface area (Å²) < 4.78 is 0. The molecule has 0 radical (unpaired) electrons. The Morgan fingerprint density at radius 2 is 1.77 bits per heavy atom. The van der Waals surface area contributed by atoms with Crippen molar-refractivity contribution in [3.63, 3.8) is 0 Å². The number of piperidine rings is 1. The summed E-state index contributed by atoms with van der Waals surface area (Å²) in [6.45, 7) is 1.72. The first-order chi connectivity index (χ1) is 14.6. The van der Waals surface area contributed by atoms with E-state index in [2.05, 4.69) is 20.9 Å². The predicted molar refractivity (Wildman–Crippen MR) is 120 cm³/mol. The van der Waals surface area contributed by atoms with Crippen molar-refractivity contribution < 1.29 is 9.59 Å². The molecule has 3 amide bonds. The topological polar surface area (TPSA) is 109 Å². The van der Waals surface area contributed by atoms with Crippen molar-refractivity contribution in [2.24, 2.45) is 5.73 Å². The zero-order valence-electron chi connectivity index (χ0n) is 16.4. The molecule has 3 heterocycles. The summed E-state index contributed by atoms with van der Waals surface area (Å²) in [6, 6.07) is 13.2. The van der Waals surface area contributed by atoms with E-state index in [1.807, 2.05) is 36.4 Å². The SMILES string of the molecule is NC(=O)Nc1cc(-c2ccc(-c3ccncc3)cc2)sc1C(=O)N[C@H]1CCCNC1. The molecule has 7 nitrogen and oxygen atoms in total. The van der Waals surface area contributed by atoms with Crippen molar-refractivity contribution in [1.82, 2.24) is 15.6 Å². The smallest absolute Gasteiger partial charge is 0.316 e. The van der Waals surface area contributed by atoms with Crippen molar-refractivity contribution >= 4 is 29.0 Å². The molecule has 1 saturated heterocycles. The Labute approximate surface area is 178 Å². The normalized spacial score (nSPS) is 16.1. The van der Waals surface area contributed by atoms with Crippen LogP contribution in [0.1, 0.15) is 22.5 Å². The minimum absolute atomic E-state index is 0.0814. The lowest BCUT2D eigenvalue weighted by atomic mass is 10.0. The van der Waals surface area contributed by atoms with Gasteiger partial charge in [0.15, 0.2) is 0 Å². The number of amides is 3. The highest BCUT2D eigenvalue weighted by Crippen LogP contribution is 2.36. The van der Waals surface area contributed by atoms with Crippen LogP contribution in [-0.4, -0.2) is 36.1 Å². The maximum Gasteiger partial charge on any atom is 0.316 e. The Kier molecular flexibility index (Phi) is 6.06. The average molecular weight is 422 g/mol. The number of anilines is 1. The lowest BCUT2D eigenvalue weighted by Gasteiger charge is -2.23. The quantitative estimate of drug-likeness (QED) is 0.506. The van der Waals surface area contributed by atoms with Gasteiger partial charge in [0.25, 0.3) is 5.91 Å². The summed E-state index contributed by atoms with van der Waals surface area (Å²) in [5.74, 6) is -0.197. The fourth-order valence-electron chi connectivity index (χ4n) is 3.52. The maximum absolute atomic E-state index is 12.9. The number of hydrogen-bond donors (Lipinski definition) is 4. The molecule has 5 N–H and O–H groups in total. The van der Waals surface area contributed by atoms with E-state index in [1.54, 1.807) is 18.5 Å². The van der Waals surface area contributed by atoms with Crippen LogP contribution in [0.5, 0.6) is 0 Å². The van der Waals surface area contributed by atoms with Gasteiger partial charge in [0, 0.05) is 29.9 Å². The van der Waals surface area contributed by atoms with Gasteiger partial charge in [-0.2, -0.15) is 0 Å². The second-order valence-electron chi connectivity index (χ2n) is 7.17. The van der Waals surface area contributed by atoms with Gasteiger partial charge in [-0.3, -0.25) is 9.78 Å². The van der Waals surface area contributed by atoms with Crippen LogP contribution in [0.15, 0.2) is 54.9 Å². The van der Waals surface area contributed by atoms with Crippen molar-refractivity contribution in [2.75, 3.05) is 18.4 Å². The maximum atomic E-state index is 12.9. The standard InChI is InChI=1S/C22H23N5O2S/c23-22(29)27-18-12-19(30-20(18)21(28)26-17-2-1-9-25-13-17)16-5-3-14(4-6-16)15-7-10-24-11-8-15/h3-8,10-12,17,25H,1-2,9,13H2,(H,26,28)(H3,23,27,29)/t17-/m0/s1. The highest BCUT2D eigenvalue weighted by atomic mass is 32.1. The van der Waals surface area contributed by atoms with Crippen LogP contribution in [0.4, 0.5) is 10.5 Å². The summed E-state index contributed by atoms with van der Waals surface area (Å²) in [6.07, 6.45) is 5.48. The number of nitrogens with one attached hydrogen (secondary N) is 3. The molecule has 1 aromatic carbocycles. The summed E-state index contributed by atoms with van der Waals surface area (Å²) in [5.41, 5.74) is 8.87. The van der Waals surface area contributed by atoms with E-state index in [-0.39, 0.29) is 11.9 Å². The molecule has 1 aliphatic rings. The number of primary amides is 1. The number of nitrogens with two attached hydrogens (primary N) is 1. The number of carbonyl (C=O) groups is 2. The van der Waals surface area contributed by atoms with Crippen molar-refractivity contribution in [2.45, 2.75) is 18.9 Å². The Bertz CT molecular complexity index is 1030. The van der Waals surface area contributed by atoms with Gasteiger partial charge in [-0.25, -0.2) is 4.79 Å². The average Bonchev–Trinajstić information content (AvgIpc) is 3.18. The number of urea groups is 1. The number of carbonyl (C=O) groups excluding carboxylic acids is 2. The monoisotopic (exact) mass is 421 g/mol. The molecule has 0 saturated carbocycles. The zero-order chi connectivity index (χ0) is 20.9. The molecule has 2 aromatic heterocycles. The molecule has 0 unspecified atom stereocenters. The third-order valence-electron chi connectivity index (χ3n) is 5.01. The Morgan fingerprint density at radius 1 is 1.07 bits per heavy atom. The van der Waals surface area contributed by atoms with Gasteiger partial charge in [-0.05, 0) is 54.3 Å². The molecular formula is C22H23N5O2S. The van der Waals surface area contributed by atoms with Gasteiger partial charge in [-0.15, -0.1) is 11.3 Å². The molecule has 0 bridgehead atoms. The van der Waals surface area contributed by atoms with Gasteiger partial charge >= 0.3 is 6.03 Å². The molecule has 3 aromatic rings. The number of hydrogen-bond acceptors (Lipinski definition) is 5. The van der Waals surface area contributed by atoms with Crippen LogP contribution in [-0.2, 0) is 0 Å². The Hall–Kier alpha value is -3.23. The lowest BCUT2D eigenvalue weighted by molar-refractivity contribution is 0.0935. The van der Waals surface area contributed by atoms with Crippen molar-refractivity contribution in [3.8, 4) is 21.6 Å². The van der Waals surface area contributed by atoms with Crippen LogP contribution in [0.25, 0.3) is 21.6 Å². The molecule has 4 rings (SSSR count). The van der Waals surface area contributed by atoms with Crippen LogP contribution in [0.2, 0.25) is 0 Å². The Morgan fingerprint density at radius 3 is 2.43 bits per heavy atom. The number of thiophene rings is 1. The van der Waals surface area contributed by atoms with Gasteiger partial charge in [-0.1, -0.05) is 24.3 Å². The molecule has 1 fully saturated rings. The molecule has 1 aliphatic heterocycles. The van der Waals surface area contributed by atoms with Gasteiger partial charge < -0.3 is 21.7 Å². The number of aromatic nitrogens is 1. The van der Waals surface area contributed by atoms with E-state index in [1.165, 1.54) is 11.3 Å². The molecule has 8 heteroatoms. The molecular weight excluding hydrogens is 398 g/mol. The minimum atomic E-state index is -0.694. The molecule has 154 valence electrons. The van der Waals surface area contributed by atoms with E-state index in [4.69, 9.17) is 5.73 Å². The highest BCUT2D eigenvalue weighted by Gasteiger charge is 2.22. The third-order valence-corrected chi connectivity index (χ3v) is 6.19. The van der Waals surface area contributed by atoms with E-state index in [0.717, 1.165) is 47.5 Å². The molecule has 0 spiro atoms. The van der Waals surface area contributed by atoms with Crippen LogP contribution >= 0.6 is 11.3 Å². The number of rotatable bonds is 5. The van der Waals surface area contributed by atoms with E-state index < -0.39 is 6.03 Å². The van der Waals surface area contributed by atoms with Gasteiger partial charge in [0.05, 0.1) is 5.69 Å². The molecule has 1 atom stereocenters. The van der Waals surface area contributed by atoms with Crippen molar-refractivity contribution in [3.05, 3.63) is 59.7 Å². The van der Waals surface area contributed by atoms with E-state index in [9.17, 15) is 9.59 Å². The fourth-order valence-corrected chi connectivity index (χ4v) is 4.55. The fraction of sp³-hybridized carbons (Fsp3) is 0.227. The number of benzene rings is 1. The van der Waals surface area contributed by atoms with Crippen LogP contribution in [0.3, 0.4) is 0 Å². The largest absolute Gasteiger partial charge is 0.351 e. The summed E-state index contributed by atoms with van der Waals surface area (Å²) in [5, 5.41) is 8.92. The van der Waals surface area contributed by atoms with Crippen LogP contribution < -0.4 is 21.7 Å². The van der Waals surface area contributed by atoms with Gasteiger partial charge in [0.2, 0.25) is 0 Å². The predicted octanol–water partition coefficient (Wildman–Crippen LogP) is 3.45. The van der Waals surface area contributed by atoms with Crippen molar-refractivity contribution in [1.29, 1.82) is 0 Å². The zero-order valence-corrected chi connectivity index (χ0v) is 17.2. The first-order valence-corrected chi connectivity index (χ1v) is 10.6. The van der Waals surface area contributed by atoms with E-state index in [0.29, 0.717) is 10.6 Å².